The molecule has 4 fully saturated rings. The fraction of sp³-hybridized carbons (Fsp3) is 0.538. The third kappa shape index (κ3) is 8.58. The van der Waals surface area contributed by atoms with Gasteiger partial charge in [-0.05, 0) is 122 Å². The van der Waals surface area contributed by atoms with Crippen molar-refractivity contribution in [1.29, 1.82) is 15.8 Å². The van der Waals surface area contributed by atoms with Gasteiger partial charge in [0.1, 0.15) is 52.4 Å². The lowest BCUT2D eigenvalue weighted by molar-refractivity contribution is -0.152. The molecule has 0 radical (unpaired) electrons. The average Bonchev–Trinajstić information content (AvgIpc) is 3.53. The standard InChI is InChI=1S/C52H57N6O11P/c1-50(2)47(44(56-19-7-10-41(56)59)34-22-30(26-53)13-16-37(34)65-50)64-40-25-33(40)29-63-70(62,68-48-45(57-20-8-11-42(57)60)35-23-31(27-54)14-17-38(35)66-51(48,3)4)69-49-46(58-21-9-12-43(58)61)36-24-32(28-55)15-18-39(36)67-52(49,5)6/h13-18,22-24,33,40,44-49H,7-12,19-21,25,29H2,1-6H3. The van der Waals surface area contributed by atoms with Crippen LogP contribution in [0.1, 0.15) is 138 Å². The monoisotopic (exact) mass is 972 g/mol. The van der Waals surface area contributed by atoms with E-state index in [-0.39, 0.29) is 43.1 Å². The van der Waals surface area contributed by atoms with Crippen molar-refractivity contribution in [2.75, 3.05) is 26.2 Å². The predicted molar refractivity (Wildman–Crippen MR) is 249 cm³/mol. The molecule has 3 aromatic carbocycles. The summed E-state index contributed by atoms with van der Waals surface area (Å²) in [6, 6.07) is 19.5. The zero-order chi connectivity index (χ0) is 49.5. The van der Waals surface area contributed by atoms with Gasteiger partial charge in [0.25, 0.3) is 0 Å². The second-order valence-electron chi connectivity index (χ2n) is 21.0. The van der Waals surface area contributed by atoms with Crippen LogP contribution in [0, 0.1) is 39.9 Å². The van der Waals surface area contributed by atoms with E-state index in [1.165, 1.54) is 0 Å². The molecule has 17 nitrogen and oxygen atoms in total. The van der Waals surface area contributed by atoms with Gasteiger partial charge in [0.05, 0.1) is 65.7 Å². The minimum Gasteiger partial charge on any atom is -0.485 e. The quantitative estimate of drug-likeness (QED) is 0.158. The highest BCUT2D eigenvalue weighted by atomic mass is 31.2. The van der Waals surface area contributed by atoms with Crippen molar-refractivity contribution in [3.8, 4) is 35.5 Å². The molecule has 70 heavy (non-hydrogen) atoms. The first-order valence-corrected chi connectivity index (χ1v) is 25.6. The van der Waals surface area contributed by atoms with Crippen molar-refractivity contribution in [3.63, 3.8) is 0 Å². The molecule has 3 saturated heterocycles. The van der Waals surface area contributed by atoms with Gasteiger partial charge in [-0.15, -0.1) is 0 Å². The molecule has 1 saturated carbocycles. The Kier molecular flexibility index (Phi) is 12.1. The molecule has 8 unspecified atom stereocenters. The molecule has 7 aliphatic rings. The lowest BCUT2D eigenvalue weighted by atomic mass is 9.84. The van der Waals surface area contributed by atoms with Crippen molar-refractivity contribution in [1.82, 2.24) is 14.7 Å². The molecule has 366 valence electrons. The number of phosphoric acid groups is 1. The number of ether oxygens (including phenoxy) is 4. The number of phosphoric ester groups is 1. The lowest BCUT2D eigenvalue weighted by Gasteiger charge is -2.50. The number of benzene rings is 3. The largest absolute Gasteiger partial charge is 0.485 e. The Morgan fingerprint density at radius 2 is 0.943 bits per heavy atom. The topological polar surface area (TPSA) is 214 Å². The Balaban J connectivity index is 1.01. The zero-order valence-corrected chi connectivity index (χ0v) is 41.1. The Morgan fingerprint density at radius 3 is 1.29 bits per heavy atom. The van der Waals surface area contributed by atoms with Crippen molar-refractivity contribution >= 4 is 25.5 Å². The van der Waals surface area contributed by atoms with Gasteiger partial charge < -0.3 is 33.6 Å². The molecule has 18 heteroatoms. The molecule has 0 spiro atoms. The van der Waals surface area contributed by atoms with Gasteiger partial charge in [-0.25, -0.2) is 4.57 Å². The van der Waals surface area contributed by atoms with Gasteiger partial charge in [-0.1, -0.05) is 0 Å². The second kappa shape index (κ2) is 17.7. The first-order valence-electron chi connectivity index (χ1n) is 24.2. The third-order valence-corrected chi connectivity index (χ3v) is 16.3. The number of amides is 3. The summed E-state index contributed by atoms with van der Waals surface area (Å²) in [6.45, 7) is 12.0. The second-order valence-corrected chi connectivity index (χ2v) is 22.6. The Labute approximate surface area is 407 Å². The molecule has 6 aliphatic heterocycles. The Hall–Kier alpha value is -5.99. The summed E-state index contributed by atoms with van der Waals surface area (Å²) in [5.74, 6) is 0.816. The molecular weight excluding hydrogens is 916 g/mol. The van der Waals surface area contributed by atoms with Crippen LogP contribution in [0.2, 0.25) is 0 Å². The van der Waals surface area contributed by atoms with Gasteiger partial charge in [0.2, 0.25) is 17.7 Å². The van der Waals surface area contributed by atoms with Crippen LogP contribution < -0.4 is 14.2 Å². The molecule has 10 rings (SSSR count). The fourth-order valence-electron chi connectivity index (χ4n) is 11.3. The summed E-state index contributed by atoms with van der Waals surface area (Å²) in [4.78, 5) is 46.1. The van der Waals surface area contributed by atoms with Gasteiger partial charge in [0, 0.05) is 61.5 Å². The highest BCUT2D eigenvalue weighted by Crippen LogP contribution is 2.62. The molecule has 0 aromatic heterocycles. The number of nitrogens with zero attached hydrogens (tertiary/aromatic N) is 6. The number of rotatable bonds is 12. The van der Waals surface area contributed by atoms with E-state index < -0.39 is 67.2 Å². The van der Waals surface area contributed by atoms with Crippen molar-refractivity contribution in [2.45, 2.75) is 146 Å². The summed E-state index contributed by atoms with van der Waals surface area (Å²) < 4.78 is 63.2. The predicted octanol–water partition coefficient (Wildman–Crippen LogP) is 7.87. The Bertz CT molecular complexity index is 2710. The van der Waals surface area contributed by atoms with Gasteiger partial charge in [-0.2, -0.15) is 15.8 Å². The average molecular weight is 973 g/mol. The number of hydrogen-bond donors (Lipinski definition) is 0. The van der Waals surface area contributed by atoms with Crippen LogP contribution in [0.3, 0.4) is 0 Å². The maximum Gasteiger partial charge on any atom is 0.475 e. The van der Waals surface area contributed by atoms with E-state index in [2.05, 4.69) is 18.2 Å². The van der Waals surface area contributed by atoms with E-state index in [4.69, 9.17) is 32.5 Å². The summed E-state index contributed by atoms with van der Waals surface area (Å²) in [5, 5.41) is 29.9. The summed E-state index contributed by atoms with van der Waals surface area (Å²) in [6.07, 6.45) is -0.193. The SMILES string of the molecule is CC1(C)Oc2ccc(C#N)cc2C(N2CCCC2=O)C1OC1CC1COP(=O)(OC1C(N2CCCC2=O)c2cc(C#N)ccc2OC1(C)C)OC1C(N2CCCC2=O)c2cc(C#N)ccc2OC1(C)C. The third-order valence-electron chi connectivity index (χ3n) is 14.9. The maximum absolute atomic E-state index is 16.3. The normalized spacial score (nSPS) is 29.8. The summed E-state index contributed by atoms with van der Waals surface area (Å²) in [7, 11) is -4.90. The van der Waals surface area contributed by atoms with Crippen molar-refractivity contribution < 1.29 is 51.5 Å². The number of hydrogen-bond acceptors (Lipinski definition) is 14. The van der Waals surface area contributed by atoms with Crippen LogP contribution in [0.25, 0.3) is 0 Å². The molecule has 0 bridgehead atoms. The number of nitriles is 3. The van der Waals surface area contributed by atoms with Crippen LogP contribution >= 0.6 is 7.82 Å². The number of carbonyl (C=O) groups excluding carboxylic acids is 3. The van der Waals surface area contributed by atoms with E-state index in [1.807, 2.05) is 18.7 Å². The maximum atomic E-state index is 16.3. The van der Waals surface area contributed by atoms with Gasteiger partial charge in [0.15, 0.2) is 0 Å². The van der Waals surface area contributed by atoms with Crippen molar-refractivity contribution in [2.24, 2.45) is 5.92 Å². The highest BCUT2D eigenvalue weighted by molar-refractivity contribution is 7.48. The van der Waals surface area contributed by atoms with Crippen LogP contribution in [0.4, 0.5) is 0 Å². The highest BCUT2D eigenvalue weighted by Gasteiger charge is 2.58. The molecule has 1 aliphatic carbocycles. The molecule has 0 N–H and O–H groups in total. The summed E-state index contributed by atoms with van der Waals surface area (Å²) in [5.41, 5.74) is -0.655. The minimum atomic E-state index is -4.90. The first kappa shape index (κ1) is 47.7. The van der Waals surface area contributed by atoms with E-state index in [0.717, 1.165) is 0 Å². The van der Waals surface area contributed by atoms with E-state index in [9.17, 15) is 30.2 Å². The number of fused-ring (bicyclic) bond motifs is 3. The molecule has 3 aromatic rings. The Morgan fingerprint density at radius 1 is 0.586 bits per heavy atom. The fourth-order valence-corrected chi connectivity index (χ4v) is 13.1. The number of carbonyl (C=O) groups is 3. The van der Waals surface area contributed by atoms with Crippen LogP contribution in [0.15, 0.2) is 54.6 Å². The van der Waals surface area contributed by atoms with Crippen molar-refractivity contribution in [3.05, 3.63) is 88.0 Å². The molecule has 3 amide bonds. The van der Waals surface area contributed by atoms with E-state index >= 15 is 4.57 Å². The first-order chi connectivity index (χ1) is 33.3. The smallest absolute Gasteiger partial charge is 0.475 e. The zero-order valence-electron chi connectivity index (χ0n) is 40.2. The molecular formula is C52H57N6O11P. The van der Waals surface area contributed by atoms with Crippen LogP contribution in [0.5, 0.6) is 17.2 Å². The minimum absolute atomic E-state index is 0.0134. The molecule has 6 heterocycles. The van der Waals surface area contributed by atoms with Crippen LogP contribution in [-0.2, 0) is 37.3 Å². The number of likely N-dealkylation sites (tertiary alicyclic amines) is 3. The van der Waals surface area contributed by atoms with E-state index in [0.29, 0.717) is 102 Å². The van der Waals surface area contributed by atoms with Gasteiger partial charge >= 0.3 is 7.82 Å². The lowest BCUT2D eigenvalue weighted by Crippen LogP contribution is -2.56. The van der Waals surface area contributed by atoms with E-state index in [1.54, 1.807) is 92.1 Å². The van der Waals surface area contributed by atoms with Crippen LogP contribution in [-0.4, -0.2) is 99.9 Å². The molecule has 8 atom stereocenters. The summed E-state index contributed by atoms with van der Waals surface area (Å²) >= 11 is 0. The van der Waals surface area contributed by atoms with Gasteiger partial charge in [-0.3, -0.25) is 28.0 Å².